The van der Waals surface area contributed by atoms with Crippen LogP contribution in [-0.4, -0.2) is 40.9 Å². The van der Waals surface area contributed by atoms with Crippen LogP contribution in [0.2, 0.25) is 0 Å². The van der Waals surface area contributed by atoms with Crippen molar-refractivity contribution in [1.29, 1.82) is 0 Å². The highest BCUT2D eigenvalue weighted by molar-refractivity contribution is 9.10. The van der Waals surface area contributed by atoms with Crippen molar-refractivity contribution in [3.8, 4) is 0 Å². The first-order valence-corrected chi connectivity index (χ1v) is 8.75. The first kappa shape index (κ1) is 16.7. The second-order valence-corrected chi connectivity index (χ2v) is 7.74. The summed E-state index contributed by atoms with van der Waals surface area (Å²) in [5, 5.41) is 0. The third kappa shape index (κ3) is 3.57. The van der Waals surface area contributed by atoms with E-state index >= 15 is 0 Å². The number of aryl methyl sites for hydroxylation is 1. The maximum atomic E-state index is 12.5. The van der Waals surface area contributed by atoms with E-state index in [0.717, 1.165) is 0 Å². The molecule has 0 saturated carbocycles. The molecule has 0 bridgehead atoms. The lowest BCUT2D eigenvalue weighted by Crippen LogP contribution is -2.45. The molecule has 1 saturated heterocycles. The van der Waals surface area contributed by atoms with Gasteiger partial charge in [-0.1, -0.05) is 0 Å². The Hall–Kier alpha value is -0.670. The molecule has 0 radical (unpaired) electrons. The average Bonchev–Trinajstić information content (AvgIpc) is 2.90. The number of hydrogen-bond acceptors (Lipinski definition) is 5. The van der Waals surface area contributed by atoms with Gasteiger partial charge in [0.1, 0.15) is 5.60 Å². The highest BCUT2D eigenvalue weighted by Gasteiger charge is 2.36. The zero-order valence-electron chi connectivity index (χ0n) is 12.0. The van der Waals surface area contributed by atoms with Crippen LogP contribution in [0, 0.1) is 6.92 Å². The molecule has 8 heteroatoms. The minimum atomic E-state index is -3.65. The third-order valence-electron chi connectivity index (χ3n) is 3.67. The highest BCUT2D eigenvalue weighted by atomic mass is 79.9. The van der Waals surface area contributed by atoms with Gasteiger partial charge in [-0.15, -0.1) is 0 Å². The smallest absolute Gasteiger partial charge is 0.241 e. The molecular formula is C13H19BrN2O4S. The number of sulfonamides is 1. The molecule has 1 fully saturated rings. The molecule has 6 nitrogen and oxygen atoms in total. The molecule has 0 spiro atoms. The zero-order chi connectivity index (χ0) is 15.7. The van der Waals surface area contributed by atoms with Crippen LogP contribution in [0.1, 0.15) is 12.0 Å². The Balaban J connectivity index is 2.21. The number of nitrogen functional groups attached to an aromatic ring is 1. The van der Waals surface area contributed by atoms with Crippen molar-refractivity contribution in [2.45, 2.75) is 23.8 Å². The molecule has 1 aliphatic rings. The molecule has 1 aliphatic heterocycles. The molecule has 118 valence electrons. The minimum absolute atomic E-state index is 0.168. The summed E-state index contributed by atoms with van der Waals surface area (Å²) in [4.78, 5) is 0.174. The highest BCUT2D eigenvalue weighted by Crippen LogP contribution is 2.27. The van der Waals surface area contributed by atoms with Crippen molar-refractivity contribution in [3.05, 3.63) is 22.2 Å². The number of nitrogens with two attached hydrogens (primary N) is 1. The normalized spacial score (nSPS) is 22.6. The number of halogens is 1. The Kier molecular flexibility index (Phi) is 4.94. The van der Waals surface area contributed by atoms with Crippen molar-refractivity contribution >= 4 is 31.6 Å². The first-order chi connectivity index (χ1) is 9.80. The number of nitrogens with one attached hydrogen (secondary N) is 1. The van der Waals surface area contributed by atoms with Gasteiger partial charge in [0, 0.05) is 36.8 Å². The first-order valence-electron chi connectivity index (χ1n) is 6.48. The van der Waals surface area contributed by atoms with E-state index in [1.54, 1.807) is 20.1 Å². The summed E-state index contributed by atoms with van der Waals surface area (Å²) in [5.74, 6) is 0. The van der Waals surface area contributed by atoms with E-state index < -0.39 is 15.6 Å². The minimum Gasteiger partial charge on any atom is -0.398 e. The van der Waals surface area contributed by atoms with Gasteiger partial charge in [-0.2, -0.15) is 0 Å². The summed E-state index contributed by atoms with van der Waals surface area (Å²) in [6, 6.07) is 3.14. The topological polar surface area (TPSA) is 90.7 Å². The molecule has 2 rings (SSSR count). The second-order valence-electron chi connectivity index (χ2n) is 5.15. The predicted molar refractivity (Wildman–Crippen MR) is 83.7 cm³/mol. The number of hydrogen-bond donors (Lipinski definition) is 2. The van der Waals surface area contributed by atoms with E-state index in [-0.39, 0.29) is 11.4 Å². The fraction of sp³-hybridized carbons (Fsp3) is 0.538. The monoisotopic (exact) mass is 378 g/mol. The van der Waals surface area contributed by atoms with Gasteiger partial charge in [-0.05, 0) is 40.5 Å². The number of benzene rings is 1. The van der Waals surface area contributed by atoms with Gasteiger partial charge in [-0.25, -0.2) is 13.1 Å². The summed E-state index contributed by atoms with van der Waals surface area (Å²) < 4.78 is 38.9. The number of ether oxygens (including phenoxy) is 2. The molecule has 0 aliphatic carbocycles. The van der Waals surface area contributed by atoms with E-state index in [1.165, 1.54) is 6.07 Å². The summed E-state index contributed by atoms with van der Waals surface area (Å²) in [6.07, 6.45) is 0.660. The van der Waals surface area contributed by atoms with E-state index in [4.69, 9.17) is 15.2 Å². The van der Waals surface area contributed by atoms with Crippen molar-refractivity contribution < 1.29 is 17.9 Å². The molecule has 0 amide bonds. The predicted octanol–water partition coefficient (Wildman–Crippen LogP) is 1.42. The Bertz CT molecular complexity index is 627. The van der Waals surface area contributed by atoms with Gasteiger partial charge in [0.2, 0.25) is 10.0 Å². The average molecular weight is 379 g/mol. The molecule has 1 aromatic carbocycles. The van der Waals surface area contributed by atoms with Crippen LogP contribution < -0.4 is 10.5 Å². The molecule has 1 atom stereocenters. The lowest BCUT2D eigenvalue weighted by molar-refractivity contribution is -0.0120. The van der Waals surface area contributed by atoms with Crippen LogP contribution in [0.15, 0.2) is 21.5 Å². The Morgan fingerprint density at radius 3 is 2.81 bits per heavy atom. The number of methoxy groups -OCH3 is 1. The Morgan fingerprint density at radius 2 is 2.24 bits per heavy atom. The van der Waals surface area contributed by atoms with Crippen LogP contribution in [0.4, 0.5) is 5.69 Å². The van der Waals surface area contributed by atoms with Crippen LogP contribution in [0.3, 0.4) is 0 Å². The lowest BCUT2D eigenvalue weighted by Gasteiger charge is -2.26. The van der Waals surface area contributed by atoms with Crippen molar-refractivity contribution in [2.24, 2.45) is 0 Å². The summed E-state index contributed by atoms with van der Waals surface area (Å²) >= 11 is 3.28. The third-order valence-corrected chi connectivity index (χ3v) is 5.90. The molecule has 1 aromatic rings. The largest absolute Gasteiger partial charge is 0.398 e. The standard InChI is InChI=1S/C13H19BrN2O4S/c1-9-5-10(14)11(15)6-12(9)21(17,18)16-7-13(19-2)3-4-20-8-13/h5-6,16H,3-4,7-8,15H2,1-2H3. The van der Waals surface area contributed by atoms with Gasteiger partial charge >= 0.3 is 0 Å². The zero-order valence-corrected chi connectivity index (χ0v) is 14.4. The van der Waals surface area contributed by atoms with Crippen molar-refractivity contribution in [2.75, 3.05) is 32.6 Å². The van der Waals surface area contributed by atoms with E-state index in [1.807, 2.05) is 0 Å². The van der Waals surface area contributed by atoms with Crippen molar-refractivity contribution in [1.82, 2.24) is 4.72 Å². The van der Waals surface area contributed by atoms with E-state index in [2.05, 4.69) is 20.7 Å². The number of rotatable bonds is 5. The maximum Gasteiger partial charge on any atom is 0.241 e. The Labute approximate surface area is 133 Å². The van der Waals surface area contributed by atoms with Crippen LogP contribution in [-0.2, 0) is 19.5 Å². The fourth-order valence-corrected chi connectivity index (χ4v) is 4.05. The fourth-order valence-electron chi connectivity index (χ4n) is 2.22. The molecule has 3 N–H and O–H groups in total. The maximum absolute atomic E-state index is 12.5. The van der Waals surface area contributed by atoms with Gasteiger partial charge in [0.05, 0.1) is 11.5 Å². The number of anilines is 1. The lowest BCUT2D eigenvalue weighted by atomic mass is 10.0. The quantitative estimate of drug-likeness (QED) is 0.756. The molecule has 0 aromatic heterocycles. The van der Waals surface area contributed by atoms with Gasteiger partial charge in [-0.3, -0.25) is 0 Å². The molecular weight excluding hydrogens is 360 g/mol. The van der Waals surface area contributed by atoms with Gasteiger partial charge < -0.3 is 15.2 Å². The molecule has 21 heavy (non-hydrogen) atoms. The van der Waals surface area contributed by atoms with Crippen LogP contribution in [0.25, 0.3) is 0 Å². The molecule has 1 unspecified atom stereocenters. The second kappa shape index (κ2) is 6.21. The Morgan fingerprint density at radius 1 is 1.52 bits per heavy atom. The SMILES string of the molecule is COC1(CNS(=O)(=O)c2cc(N)c(Br)cc2C)CCOC1. The summed E-state index contributed by atoms with van der Waals surface area (Å²) in [6.45, 7) is 2.85. The van der Waals surface area contributed by atoms with Crippen LogP contribution in [0.5, 0.6) is 0 Å². The van der Waals surface area contributed by atoms with Crippen molar-refractivity contribution in [3.63, 3.8) is 0 Å². The summed E-state index contributed by atoms with van der Waals surface area (Å²) in [7, 11) is -2.09. The summed E-state index contributed by atoms with van der Waals surface area (Å²) in [5.41, 5.74) is 6.18. The van der Waals surface area contributed by atoms with Crippen LogP contribution >= 0.6 is 15.9 Å². The van der Waals surface area contributed by atoms with Gasteiger partial charge in [0.15, 0.2) is 0 Å². The van der Waals surface area contributed by atoms with E-state index in [9.17, 15) is 8.42 Å². The van der Waals surface area contributed by atoms with Gasteiger partial charge in [0.25, 0.3) is 0 Å². The van der Waals surface area contributed by atoms with E-state index in [0.29, 0.717) is 35.4 Å². The molecule has 1 heterocycles.